The van der Waals surface area contributed by atoms with Crippen LogP contribution < -0.4 is 9.64 Å². The Bertz CT molecular complexity index is 901. The lowest BCUT2D eigenvalue weighted by atomic mass is 10.2. The normalized spacial score (nSPS) is 16.0. The van der Waals surface area contributed by atoms with Crippen molar-refractivity contribution in [2.24, 2.45) is 0 Å². The second-order valence-electron chi connectivity index (χ2n) is 6.36. The maximum atomic E-state index is 12.2. The number of ether oxygens (including phenoxy) is 1. The molecule has 0 spiro atoms. The summed E-state index contributed by atoms with van der Waals surface area (Å²) >= 11 is 0. The standard InChI is InChI=1S/C18H18F3N5O/c19-18(20,21)27-15-3-1-14(2-4-15)13-24-9-11-26(12-10-24)17-16-22-5-7-25(16)8-6-23-17/h1-8H,9-13H2. The maximum Gasteiger partial charge on any atom is 0.573 e. The number of hydrogen-bond donors (Lipinski definition) is 0. The van der Waals surface area contributed by atoms with Crippen LogP contribution >= 0.6 is 0 Å². The van der Waals surface area contributed by atoms with Crippen molar-refractivity contribution in [3.8, 4) is 5.75 Å². The number of anilines is 1. The number of nitrogens with zero attached hydrogens (tertiary/aromatic N) is 5. The Hall–Kier alpha value is -2.81. The summed E-state index contributed by atoms with van der Waals surface area (Å²) in [5.74, 6) is 0.672. The van der Waals surface area contributed by atoms with Crippen molar-refractivity contribution in [1.29, 1.82) is 0 Å². The summed E-state index contributed by atoms with van der Waals surface area (Å²) in [5.41, 5.74) is 1.79. The van der Waals surface area contributed by atoms with Crippen molar-refractivity contribution >= 4 is 11.5 Å². The molecule has 1 aromatic carbocycles. The van der Waals surface area contributed by atoms with E-state index in [2.05, 4.69) is 24.5 Å². The van der Waals surface area contributed by atoms with Crippen LogP contribution in [0.25, 0.3) is 5.65 Å². The average Bonchev–Trinajstić information content (AvgIpc) is 3.12. The quantitative estimate of drug-likeness (QED) is 0.700. The van der Waals surface area contributed by atoms with Crippen molar-refractivity contribution in [3.63, 3.8) is 0 Å². The molecule has 4 rings (SSSR count). The van der Waals surface area contributed by atoms with Gasteiger partial charge in [-0.3, -0.25) is 4.90 Å². The van der Waals surface area contributed by atoms with E-state index in [9.17, 15) is 13.2 Å². The van der Waals surface area contributed by atoms with E-state index < -0.39 is 6.36 Å². The second-order valence-corrected chi connectivity index (χ2v) is 6.36. The zero-order chi connectivity index (χ0) is 18.9. The van der Waals surface area contributed by atoms with Crippen LogP contribution in [0.3, 0.4) is 0 Å². The monoisotopic (exact) mass is 377 g/mol. The Morgan fingerprint density at radius 1 is 0.926 bits per heavy atom. The molecule has 1 fully saturated rings. The molecule has 142 valence electrons. The van der Waals surface area contributed by atoms with Gasteiger partial charge >= 0.3 is 6.36 Å². The first kappa shape index (κ1) is 17.6. The molecule has 9 heteroatoms. The maximum absolute atomic E-state index is 12.2. The Morgan fingerprint density at radius 2 is 1.59 bits per heavy atom. The van der Waals surface area contributed by atoms with E-state index in [0.29, 0.717) is 6.54 Å². The third-order valence-electron chi connectivity index (χ3n) is 4.53. The van der Waals surface area contributed by atoms with Crippen molar-refractivity contribution in [2.45, 2.75) is 12.9 Å². The SMILES string of the molecule is FC(F)(F)Oc1ccc(CN2CCN(c3nccn4ccnc34)CC2)cc1. The smallest absolute Gasteiger partial charge is 0.406 e. The average molecular weight is 377 g/mol. The Balaban J connectivity index is 1.35. The van der Waals surface area contributed by atoms with Crippen LogP contribution in [0.1, 0.15) is 5.56 Å². The molecule has 0 amide bonds. The molecule has 2 aromatic heterocycles. The molecule has 0 N–H and O–H groups in total. The lowest BCUT2D eigenvalue weighted by molar-refractivity contribution is -0.274. The number of alkyl halides is 3. The first-order valence-electron chi connectivity index (χ1n) is 8.58. The van der Waals surface area contributed by atoms with E-state index in [0.717, 1.165) is 43.2 Å². The highest BCUT2D eigenvalue weighted by Gasteiger charge is 2.31. The van der Waals surface area contributed by atoms with Gasteiger partial charge in [0.05, 0.1) is 0 Å². The zero-order valence-corrected chi connectivity index (χ0v) is 14.4. The molecule has 1 saturated heterocycles. The predicted molar refractivity (Wildman–Crippen MR) is 93.6 cm³/mol. The summed E-state index contributed by atoms with van der Waals surface area (Å²) in [5, 5.41) is 0. The molecule has 0 radical (unpaired) electrons. The Morgan fingerprint density at radius 3 is 2.26 bits per heavy atom. The number of hydrogen-bond acceptors (Lipinski definition) is 5. The fourth-order valence-corrected chi connectivity index (χ4v) is 3.24. The van der Waals surface area contributed by atoms with Crippen molar-refractivity contribution in [3.05, 3.63) is 54.6 Å². The molecule has 0 aliphatic carbocycles. The third kappa shape index (κ3) is 4.13. The highest BCUT2D eigenvalue weighted by atomic mass is 19.4. The molecule has 1 aliphatic rings. The van der Waals surface area contributed by atoms with Gasteiger partial charge in [0.25, 0.3) is 0 Å². The van der Waals surface area contributed by atoms with E-state index in [1.165, 1.54) is 12.1 Å². The van der Waals surface area contributed by atoms with Gasteiger partial charge in [-0.15, -0.1) is 13.2 Å². The number of aromatic nitrogens is 3. The van der Waals surface area contributed by atoms with Crippen LogP contribution in [0, 0.1) is 0 Å². The topological polar surface area (TPSA) is 45.9 Å². The van der Waals surface area contributed by atoms with Gasteiger partial charge in [-0.05, 0) is 17.7 Å². The number of rotatable bonds is 4. The minimum absolute atomic E-state index is 0.199. The fraction of sp³-hybridized carbons (Fsp3) is 0.333. The summed E-state index contributed by atoms with van der Waals surface area (Å²) in [6.07, 6.45) is 2.62. The van der Waals surface area contributed by atoms with Crippen LogP contribution in [0.4, 0.5) is 19.0 Å². The number of benzene rings is 1. The molecule has 0 bridgehead atoms. The molecule has 0 atom stereocenters. The highest BCUT2D eigenvalue weighted by Crippen LogP contribution is 2.24. The minimum Gasteiger partial charge on any atom is -0.406 e. The first-order chi connectivity index (χ1) is 13.0. The Labute approximate surface area is 153 Å². The minimum atomic E-state index is -4.66. The number of halogens is 3. The number of imidazole rings is 1. The van der Waals surface area contributed by atoms with E-state index in [4.69, 9.17) is 0 Å². The Kier molecular flexibility index (Phi) is 4.61. The second kappa shape index (κ2) is 7.07. The molecular formula is C18H18F3N5O. The summed E-state index contributed by atoms with van der Waals surface area (Å²) in [7, 11) is 0. The van der Waals surface area contributed by atoms with Gasteiger partial charge in [0, 0.05) is 57.5 Å². The first-order valence-corrected chi connectivity index (χ1v) is 8.58. The van der Waals surface area contributed by atoms with E-state index in [-0.39, 0.29) is 5.75 Å². The van der Waals surface area contributed by atoms with Crippen molar-refractivity contribution < 1.29 is 17.9 Å². The molecule has 27 heavy (non-hydrogen) atoms. The lowest BCUT2D eigenvalue weighted by Crippen LogP contribution is -2.46. The van der Waals surface area contributed by atoms with Crippen LogP contribution in [-0.2, 0) is 6.54 Å². The van der Waals surface area contributed by atoms with E-state index >= 15 is 0 Å². The molecule has 3 aromatic rings. The van der Waals surface area contributed by atoms with Gasteiger partial charge in [-0.2, -0.15) is 0 Å². The molecule has 6 nitrogen and oxygen atoms in total. The van der Waals surface area contributed by atoms with E-state index in [1.54, 1.807) is 24.5 Å². The molecule has 3 heterocycles. The van der Waals surface area contributed by atoms with Gasteiger partial charge in [0.2, 0.25) is 0 Å². The number of piperazine rings is 1. The number of fused-ring (bicyclic) bond motifs is 1. The van der Waals surface area contributed by atoms with Crippen LogP contribution in [0.15, 0.2) is 49.1 Å². The fourth-order valence-electron chi connectivity index (χ4n) is 3.24. The summed E-state index contributed by atoms with van der Waals surface area (Å²) in [6, 6.07) is 6.03. The molecular weight excluding hydrogens is 359 g/mol. The van der Waals surface area contributed by atoms with Crippen LogP contribution in [0.2, 0.25) is 0 Å². The zero-order valence-electron chi connectivity index (χ0n) is 14.4. The molecule has 0 saturated carbocycles. The van der Waals surface area contributed by atoms with Gasteiger partial charge < -0.3 is 14.0 Å². The largest absolute Gasteiger partial charge is 0.573 e. The van der Waals surface area contributed by atoms with Gasteiger partial charge in [-0.25, -0.2) is 9.97 Å². The van der Waals surface area contributed by atoms with E-state index in [1.807, 2.05) is 16.8 Å². The van der Waals surface area contributed by atoms with Crippen LogP contribution in [-0.4, -0.2) is 51.8 Å². The summed E-state index contributed by atoms with van der Waals surface area (Å²) in [4.78, 5) is 13.3. The van der Waals surface area contributed by atoms with Crippen molar-refractivity contribution in [2.75, 3.05) is 31.1 Å². The predicted octanol–water partition coefficient (Wildman–Crippen LogP) is 2.95. The summed E-state index contributed by atoms with van der Waals surface area (Å²) in [6.45, 7) is 3.99. The third-order valence-corrected chi connectivity index (χ3v) is 4.53. The van der Waals surface area contributed by atoms with Crippen LogP contribution in [0.5, 0.6) is 5.75 Å². The van der Waals surface area contributed by atoms with Gasteiger partial charge in [-0.1, -0.05) is 12.1 Å². The lowest BCUT2D eigenvalue weighted by Gasteiger charge is -2.35. The van der Waals surface area contributed by atoms with Gasteiger partial charge in [0.1, 0.15) is 5.75 Å². The summed E-state index contributed by atoms with van der Waals surface area (Å²) < 4.78 is 42.5. The molecule has 1 aliphatic heterocycles. The highest BCUT2D eigenvalue weighted by molar-refractivity contribution is 5.64. The van der Waals surface area contributed by atoms with Gasteiger partial charge in [0.15, 0.2) is 11.5 Å². The van der Waals surface area contributed by atoms with Crippen molar-refractivity contribution in [1.82, 2.24) is 19.3 Å². The molecule has 0 unspecified atom stereocenters.